The maximum absolute atomic E-state index is 13.3. The lowest BCUT2D eigenvalue weighted by Crippen LogP contribution is -2.65. The van der Waals surface area contributed by atoms with E-state index in [9.17, 15) is 45.6 Å². The van der Waals surface area contributed by atoms with Crippen molar-refractivity contribution in [3.63, 3.8) is 0 Å². The molecule has 79 heavy (non-hydrogen) atoms. The Morgan fingerprint density at radius 3 is 1.24 bits per heavy atom. The molecule has 2 rings (SSSR count). The second-order valence-corrected chi connectivity index (χ2v) is 23.2. The van der Waals surface area contributed by atoms with Crippen molar-refractivity contribution in [3.8, 4) is 0 Å². The lowest BCUT2D eigenvalue weighted by atomic mass is 9.97. The first-order chi connectivity index (χ1) is 38.6. The maximum atomic E-state index is 13.3. The van der Waals surface area contributed by atoms with Gasteiger partial charge in [-0.3, -0.25) is 4.79 Å². The molecule has 12 unspecified atom stereocenters. The molecule has 1 amide bonds. The summed E-state index contributed by atoms with van der Waals surface area (Å²) in [5, 5.41) is 87.2. The third-order valence-corrected chi connectivity index (χ3v) is 16.0. The van der Waals surface area contributed by atoms with Crippen LogP contribution in [0.4, 0.5) is 0 Å². The van der Waals surface area contributed by atoms with Gasteiger partial charge in [0, 0.05) is 6.42 Å². The van der Waals surface area contributed by atoms with Crippen molar-refractivity contribution >= 4 is 5.91 Å². The number of carbonyl (C=O) groups is 1. The molecule has 0 aromatic heterocycles. The van der Waals surface area contributed by atoms with Crippen LogP contribution in [0.3, 0.4) is 0 Å². The molecule has 0 aromatic carbocycles. The molecule has 0 saturated carbocycles. The molecule has 14 heteroatoms. The van der Waals surface area contributed by atoms with E-state index in [-0.39, 0.29) is 18.9 Å². The minimum Gasteiger partial charge on any atom is -0.394 e. The predicted octanol–water partition coefficient (Wildman–Crippen LogP) is 12.2. The second-order valence-electron chi connectivity index (χ2n) is 23.2. The molecule has 14 nitrogen and oxygen atoms in total. The van der Waals surface area contributed by atoms with Crippen LogP contribution in [0.25, 0.3) is 0 Å². The number of aliphatic hydroxyl groups excluding tert-OH is 8. The predicted molar refractivity (Wildman–Crippen MR) is 318 cm³/mol. The first-order valence-corrected chi connectivity index (χ1v) is 32.7. The number of hydrogen-bond donors (Lipinski definition) is 9. The molecule has 2 fully saturated rings. The Bertz CT molecular complexity index is 1460. The molecule has 0 aromatic rings. The monoisotopic (exact) mass is 1120 g/mol. The smallest absolute Gasteiger partial charge is 0.220 e. The summed E-state index contributed by atoms with van der Waals surface area (Å²) in [5.41, 5.74) is 0. The minimum atomic E-state index is -1.79. The highest BCUT2D eigenvalue weighted by atomic mass is 16.7. The van der Waals surface area contributed by atoms with Crippen molar-refractivity contribution in [2.45, 2.75) is 351 Å². The van der Waals surface area contributed by atoms with E-state index in [0.29, 0.717) is 12.8 Å². The van der Waals surface area contributed by atoms with Gasteiger partial charge in [-0.15, -0.1) is 0 Å². The lowest BCUT2D eigenvalue weighted by molar-refractivity contribution is -0.359. The van der Waals surface area contributed by atoms with E-state index in [1.54, 1.807) is 6.08 Å². The summed E-state index contributed by atoms with van der Waals surface area (Å²) in [7, 11) is 0. The Hall–Kier alpha value is -1.79. The number of hydrogen-bond acceptors (Lipinski definition) is 13. The second kappa shape index (κ2) is 50.7. The summed E-state index contributed by atoms with van der Waals surface area (Å²) < 4.78 is 22.8. The number of amides is 1. The highest BCUT2D eigenvalue weighted by Crippen LogP contribution is 2.30. The molecule has 0 spiro atoms. The van der Waals surface area contributed by atoms with Crippen LogP contribution in [0.5, 0.6) is 0 Å². The summed E-state index contributed by atoms with van der Waals surface area (Å²) >= 11 is 0. The normalized spacial score (nSPS) is 24.6. The Balaban J connectivity index is 1.72. The topological polar surface area (TPSA) is 228 Å². The zero-order valence-electron chi connectivity index (χ0n) is 50.1. The van der Waals surface area contributed by atoms with Gasteiger partial charge in [-0.2, -0.15) is 0 Å². The zero-order chi connectivity index (χ0) is 57.4. The molecule has 464 valence electrons. The van der Waals surface area contributed by atoms with Gasteiger partial charge in [0.25, 0.3) is 0 Å². The number of nitrogens with one attached hydrogen (secondary N) is 1. The molecule has 2 aliphatic heterocycles. The van der Waals surface area contributed by atoms with Crippen molar-refractivity contribution in [1.82, 2.24) is 5.32 Å². The van der Waals surface area contributed by atoms with Gasteiger partial charge in [0.1, 0.15) is 48.8 Å². The van der Waals surface area contributed by atoms with E-state index >= 15 is 0 Å². The van der Waals surface area contributed by atoms with Gasteiger partial charge in [0.2, 0.25) is 5.91 Å². The molecule has 0 bridgehead atoms. The van der Waals surface area contributed by atoms with Gasteiger partial charge in [-0.1, -0.05) is 249 Å². The van der Waals surface area contributed by atoms with Gasteiger partial charge >= 0.3 is 0 Å². The number of ether oxygens (including phenoxy) is 4. The number of rotatable bonds is 53. The Morgan fingerprint density at radius 2 is 0.810 bits per heavy atom. The number of carbonyl (C=O) groups excluding carboxylic acids is 1. The molecule has 2 saturated heterocycles. The summed E-state index contributed by atoms with van der Waals surface area (Å²) in [6, 6.07) is -0.934. The van der Waals surface area contributed by atoms with Gasteiger partial charge in [-0.25, -0.2) is 0 Å². The van der Waals surface area contributed by atoms with Gasteiger partial charge in [0.15, 0.2) is 12.6 Å². The average molecular weight is 1120 g/mol. The van der Waals surface area contributed by atoms with Crippen LogP contribution < -0.4 is 5.32 Å². The van der Waals surface area contributed by atoms with Gasteiger partial charge < -0.3 is 65.1 Å². The van der Waals surface area contributed by atoms with Crippen LogP contribution >= 0.6 is 0 Å². The third-order valence-electron chi connectivity index (χ3n) is 16.0. The van der Waals surface area contributed by atoms with Crippen LogP contribution in [-0.4, -0.2) is 140 Å². The summed E-state index contributed by atoms with van der Waals surface area (Å²) in [6.07, 6.45) is 46.3. The van der Waals surface area contributed by atoms with E-state index in [1.807, 2.05) is 6.08 Å². The largest absolute Gasteiger partial charge is 0.394 e. The van der Waals surface area contributed by atoms with Crippen LogP contribution in [0.15, 0.2) is 36.5 Å². The van der Waals surface area contributed by atoms with E-state index in [0.717, 1.165) is 38.5 Å². The molecular weight excluding hydrogens is 1000 g/mol. The fraction of sp³-hybridized carbons (Fsp3) is 0.892. The third kappa shape index (κ3) is 35.8. The van der Waals surface area contributed by atoms with E-state index in [1.165, 1.54) is 205 Å². The fourth-order valence-electron chi connectivity index (χ4n) is 10.8. The summed E-state index contributed by atoms with van der Waals surface area (Å²) in [5.74, 6) is -0.251. The molecule has 9 N–H and O–H groups in total. The minimum absolute atomic E-state index is 0.251. The Kier molecular flexibility index (Phi) is 47.0. The van der Waals surface area contributed by atoms with Gasteiger partial charge in [0.05, 0.1) is 32.0 Å². The number of allylic oxidation sites excluding steroid dienone is 5. The molecule has 2 heterocycles. The van der Waals surface area contributed by atoms with Crippen molar-refractivity contribution in [2.24, 2.45) is 0 Å². The Morgan fingerprint density at radius 1 is 0.443 bits per heavy atom. The van der Waals surface area contributed by atoms with Crippen LogP contribution in [0.2, 0.25) is 0 Å². The van der Waals surface area contributed by atoms with E-state index in [2.05, 4.69) is 43.5 Å². The van der Waals surface area contributed by atoms with Crippen molar-refractivity contribution in [3.05, 3.63) is 36.5 Å². The van der Waals surface area contributed by atoms with Crippen molar-refractivity contribution in [2.75, 3.05) is 19.8 Å². The molecule has 0 radical (unpaired) electrons. The van der Waals surface area contributed by atoms with Crippen molar-refractivity contribution in [1.29, 1.82) is 0 Å². The quantitative estimate of drug-likeness (QED) is 0.0204. The fourth-order valence-corrected chi connectivity index (χ4v) is 10.8. The van der Waals surface area contributed by atoms with Gasteiger partial charge in [-0.05, 0) is 57.8 Å². The van der Waals surface area contributed by atoms with Crippen molar-refractivity contribution < 1.29 is 64.6 Å². The molecule has 12 atom stereocenters. The first-order valence-electron chi connectivity index (χ1n) is 32.7. The van der Waals surface area contributed by atoms with Crippen LogP contribution in [0, 0.1) is 0 Å². The van der Waals surface area contributed by atoms with E-state index < -0.39 is 86.8 Å². The molecule has 2 aliphatic rings. The summed E-state index contributed by atoms with van der Waals surface area (Å²) in [4.78, 5) is 13.3. The van der Waals surface area contributed by atoms with Crippen LogP contribution in [-0.2, 0) is 23.7 Å². The first kappa shape index (κ1) is 73.3. The zero-order valence-corrected chi connectivity index (χ0v) is 50.1. The molecule has 0 aliphatic carbocycles. The highest BCUT2D eigenvalue weighted by Gasteiger charge is 2.51. The average Bonchev–Trinajstić information content (AvgIpc) is 3.47. The highest BCUT2D eigenvalue weighted by molar-refractivity contribution is 5.76. The number of unbranched alkanes of at least 4 members (excludes halogenated alkanes) is 36. The maximum Gasteiger partial charge on any atom is 0.220 e. The van der Waals surface area contributed by atoms with Crippen LogP contribution in [0.1, 0.15) is 277 Å². The lowest BCUT2D eigenvalue weighted by Gasteiger charge is -2.46. The number of aliphatic hydroxyl groups is 8. The van der Waals surface area contributed by atoms with E-state index in [4.69, 9.17) is 18.9 Å². The Labute approximate surface area is 481 Å². The summed E-state index contributed by atoms with van der Waals surface area (Å²) in [6.45, 7) is 2.80. The SMILES string of the molecule is CCCCCCCC/C=C\CCCCCCCCCC(=O)NC(COC1OC(CO)C(OC2OC(CO)C(O)C(O)C2O)C(O)C1O)C(O)/C=C/CC/C=C/CCCCCCCCCCCCCCCCCCCCCCCC. The standard InChI is InChI=1S/C65H121NO13/c1-3-5-7-9-11-13-15-17-19-21-22-23-24-25-26-27-28-29-30-31-33-34-36-38-40-42-44-46-48-54(69)53(66-57(70)49-47-45-43-41-39-37-35-32-20-18-16-14-12-10-8-6-4-2)52-76-64-62(75)60(73)63(56(51-68)78-64)79-65-61(74)59(72)58(71)55(50-67)77-65/h18,20,38,40,46,48,53-56,58-65,67-69,71-75H,3-17,19,21-37,39,41-45,47,49-52H2,1-2H3,(H,66,70)/b20-18-,40-38+,48-46+. The molecular formula is C65H121NO13.